The Bertz CT molecular complexity index is 410. The van der Waals surface area contributed by atoms with E-state index in [0.717, 1.165) is 10.9 Å². The van der Waals surface area contributed by atoms with Crippen LogP contribution in [0.25, 0.3) is 11.1 Å². The summed E-state index contributed by atoms with van der Waals surface area (Å²) >= 11 is 11.6. The summed E-state index contributed by atoms with van der Waals surface area (Å²) in [5, 5.41) is 1.44. The first-order chi connectivity index (χ1) is 5.83. The van der Waals surface area contributed by atoms with Gasteiger partial charge in [0.1, 0.15) is 0 Å². The summed E-state index contributed by atoms with van der Waals surface area (Å²) < 4.78 is 5.06. The van der Waals surface area contributed by atoms with Crippen LogP contribution in [0.4, 0.5) is 0 Å². The van der Waals surface area contributed by atoms with Crippen LogP contribution in [-0.4, -0.2) is 4.98 Å². The highest BCUT2D eigenvalue weighted by Crippen LogP contribution is 2.26. The van der Waals surface area contributed by atoms with E-state index in [1.54, 1.807) is 18.5 Å². The minimum atomic E-state index is 0.368. The zero-order chi connectivity index (χ0) is 8.55. The number of hydrogen-bond acceptors (Lipinski definition) is 2. The first-order valence-corrected chi connectivity index (χ1v) is 4.30. The third-order valence-corrected chi connectivity index (χ3v) is 2.38. The van der Waals surface area contributed by atoms with Crippen LogP contribution in [0, 0.1) is 0 Å². The van der Waals surface area contributed by atoms with Crippen LogP contribution in [0.1, 0.15) is 5.56 Å². The summed E-state index contributed by atoms with van der Waals surface area (Å²) in [5.41, 5.74) is 1.38. The average molecular weight is 202 g/mol. The summed E-state index contributed by atoms with van der Waals surface area (Å²) in [6, 6.07) is 1.78. The molecule has 0 bridgehead atoms. The number of furan rings is 1. The molecule has 0 fully saturated rings. The van der Waals surface area contributed by atoms with Crippen LogP contribution in [0.2, 0.25) is 5.02 Å². The van der Waals surface area contributed by atoms with Crippen molar-refractivity contribution in [1.82, 2.24) is 4.98 Å². The maximum Gasteiger partial charge on any atom is 0.227 e. The number of nitrogens with zero attached hydrogens (tertiary/aromatic N) is 1. The lowest BCUT2D eigenvalue weighted by Crippen LogP contribution is -1.83. The van der Waals surface area contributed by atoms with Crippen LogP contribution in [0.15, 0.2) is 22.9 Å². The second-order valence-corrected chi connectivity index (χ2v) is 3.02. The number of hydrogen-bond donors (Lipinski definition) is 0. The van der Waals surface area contributed by atoms with Crippen LogP contribution < -0.4 is 0 Å². The zero-order valence-electron chi connectivity index (χ0n) is 6.05. The lowest BCUT2D eigenvalue weighted by molar-refractivity contribution is 0.603. The normalized spacial score (nSPS) is 10.8. The highest BCUT2D eigenvalue weighted by molar-refractivity contribution is 6.36. The van der Waals surface area contributed by atoms with E-state index in [1.807, 2.05) is 0 Å². The molecule has 0 aliphatic heterocycles. The van der Waals surface area contributed by atoms with Crippen molar-refractivity contribution in [3.05, 3.63) is 29.1 Å². The molecular formula is C8H5Cl2NO. The molecule has 2 aromatic heterocycles. The molecular weight excluding hydrogens is 197 g/mol. The van der Waals surface area contributed by atoms with Crippen molar-refractivity contribution < 1.29 is 4.42 Å². The lowest BCUT2D eigenvalue weighted by atomic mass is 10.2. The maximum absolute atomic E-state index is 6.00. The van der Waals surface area contributed by atoms with Gasteiger partial charge in [0.2, 0.25) is 5.71 Å². The molecule has 0 N–H and O–H groups in total. The summed E-state index contributed by atoms with van der Waals surface area (Å²) in [6.07, 6.45) is 3.18. The van der Waals surface area contributed by atoms with E-state index in [4.69, 9.17) is 27.6 Å². The number of alkyl halides is 1. The Labute approximate surface area is 79.1 Å². The molecule has 0 radical (unpaired) electrons. The van der Waals surface area contributed by atoms with E-state index < -0.39 is 0 Å². The molecule has 0 saturated carbocycles. The molecule has 62 valence electrons. The van der Waals surface area contributed by atoms with Gasteiger partial charge < -0.3 is 4.42 Å². The van der Waals surface area contributed by atoms with E-state index in [-0.39, 0.29) is 0 Å². The standard InChI is InChI=1S/C8H5Cl2NO/c9-3-5-4-11-8-6(7(5)10)1-2-12-8/h1-2,4H,3H2. The molecule has 0 aromatic carbocycles. The van der Waals surface area contributed by atoms with Crippen molar-refractivity contribution in [2.45, 2.75) is 5.88 Å². The van der Waals surface area contributed by atoms with Crippen LogP contribution in [0.5, 0.6) is 0 Å². The van der Waals surface area contributed by atoms with Crippen LogP contribution >= 0.6 is 23.2 Å². The van der Waals surface area contributed by atoms with Crippen molar-refractivity contribution >= 4 is 34.3 Å². The van der Waals surface area contributed by atoms with Crippen molar-refractivity contribution in [3.63, 3.8) is 0 Å². The highest BCUT2D eigenvalue weighted by Gasteiger charge is 2.07. The minimum absolute atomic E-state index is 0.368. The predicted molar refractivity (Wildman–Crippen MR) is 48.6 cm³/mol. The van der Waals surface area contributed by atoms with Crippen LogP contribution in [-0.2, 0) is 5.88 Å². The van der Waals surface area contributed by atoms with Gasteiger partial charge >= 0.3 is 0 Å². The van der Waals surface area contributed by atoms with E-state index in [0.29, 0.717) is 16.6 Å². The second kappa shape index (κ2) is 2.96. The van der Waals surface area contributed by atoms with Gasteiger partial charge in [-0.15, -0.1) is 11.6 Å². The van der Waals surface area contributed by atoms with Crippen molar-refractivity contribution in [2.24, 2.45) is 0 Å². The van der Waals surface area contributed by atoms with E-state index in [1.165, 1.54) is 0 Å². The van der Waals surface area contributed by atoms with Gasteiger partial charge in [-0.25, -0.2) is 4.98 Å². The number of rotatable bonds is 1. The van der Waals surface area contributed by atoms with E-state index >= 15 is 0 Å². The third kappa shape index (κ3) is 1.08. The van der Waals surface area contributed by atoms with Gasteiger partial charge in [-0.3, -0.25) is 0 Å². The summed E-state index contributed by atoms with van der Waals surface area (Å²) in [4.78, 5) is 4.04. The van der Waals surface area contributed by atoms with Gasteiger partial charge in [-0.2, -0.15) is 0 Å². The molecule has 4 heteroatoms. The summed E-state index contributed by atoms with van der Waals surface area (Å²) in [7, 11) is 0. The zero-order valence-corrected chi connectivity index (χ0v) is 7.56. The molecule has 0 spiro atoms. The Kier molecular flexibility index (Phi) is 1.95. The Morgan fingerprint density at radius 2 is 2.33 bits per heavy atom. The lowest BCUT2D eigenvalue weighted by Gasteiger charge is -1.97. The molecule has 0 amide bonds. The number of pyridine rings is 1. The van der Waals surface area contributed by atoms with Crippen molar-refractivity contribution in [2.75, 3.05) is 0 Å². The van der Waals surface area contributed by atoms with Gasteiger partial charge in [0.05, 0.1) is 22.6 Å². The monoisotopic (exact) mass is 201 g/mol. The number of fused-ring (bicyclic) bond motifs is 1. The van der Waals surface area contributed by atoms with Crippen molar-refractivity contribution in [1.29, 1.82) is 0 Å². The minimum Gasteiger partial charge on any atom is -0.446 e. The first-order valence-electron chi connectivity index (χ1n) is 3.39. The van der Waals surface area contributed by atoms with Gasteiger partial charge in [0.15, 0.2) is 0 Å². The molecule has 2 rings (SSSR count). The van der Waals surface area contributed by atoms with Gasteiger partial charge in [-0.05, 0) is 6.07 Å². The molecule has 0 unspecified atom stereocenters. The molecule has 0 aliphatic carbocycles. The Morgan fingerprint density at radius 3 is 3.08 bits per heavy atom. The van der Waals surface area contributed by atoms with Crippen LogP contribution in [0.3, 0.4) is 0 Å². The van der Waals surface area contributed by atoms with E-state index in [2.05, 4.69) is 4.98 Å². The molecule has 2 nitrogen and oxygen atoms in total. The Morgan fingerprint density at radius 1 is 1.50 bits per heavy atom. The predicted octanol–water partition coefficient (Wildman–Crippen LogP) is 3.22. The number of aromatic nitrogens is 1. The van der Waals surface area contributed by atoms with Crippen molar-refractivity contribution in [3.8, 4) is 0 Å². The summed E-state index contributed by atoms with van der Waals surface area (Å²) in [6.45, 7) is 0. The molecule has 0 atom stereocenters. The van der Waals surface area contributed by atoms with Gasteiger partial charge in [-0.1, -0.05) is 11.6 Å². The molecule has 0 aliphatic rings. The molecule has 0 saturated heterocycles. The average Bonchev–Trinajstić information content (AvgIpc) is 2.53. The number of halogens is 2. The third-order valence-electron chi connectivity index (χ3n) is 1.64. The topological polar surface area (TPSA) is 26.0 Å². The van der Waals surface area contributed by atoms with Gasteiger partial charge in [0, 0.05) is 11.8 Å². The molecule has 12 heavy (non-hydrogen) atoms. The Balaban J connectivity index is 2.78. The van der Waals surface area contributed by atoms with Gasteiger partial charge in [0.25, 0.3) is 0 Å². The quantitative estimate of drug-likeness (QED) is 0.663. The first kappa shape index (κ1) is 7.90. The maximum atomic E-state index is 6.00. The fraction of sp³-hybridized carbons (Fsp3) is 0.125. The SMILES string of the molecule is ClCc1cnc2occc2c1Cl. The Hall–Kier alpha value is -0.730. The second-order valence-electron chi connectivity index (χ2n) is 2.37. The summed E-state index contributed by atoms with van der Waals surface area (Å²) in [5.74, 6) is 0.368. The smallest absolute Gasteiger partial charge is 0.227 e. The highest BCUT2D eigenvalue weighted by atomic mass is 35.5. The fourth-order valence-electron chi connectivity index (χ4n) is 1.03. The molecule has 2 aromatic rings. The molecule has 2 heterocycles. The fourth-order valence-corrected chi connectivity index (χ4v) is 1.56. The van der Waals surface area contributed by atoms with E-state index in [9.17, 15) is 0 Å². The largest absolute Gasteiger partial charge is 0.446 e.